The molecule has 3 heteroatoms. The van der Waals surface area contributed by atoms with E-state index in [-0.39, 0.29) is 10.9 Å². The van der Waals surface area contributed by atoms with Gasteiger partial charge < -0.3 is 0 Å². The lowest BCUT2D eigenvalue weighted by molar-refractivity contribution is -0.116. The molecule has 0 fully saturated rings. The van der Waals surface area contributed by atoms with E-state index in [9.17, 15) is 4.79 Å². The Morgan fingerprint density at radius 1 is 1.00 bits per heavy atom. The highest BCUT2D eigenvalue weighted by molar-refractivity contribution is 8.04. The first-order chi connectivity index (χ1) is 10.3. The van der Waals surface area contributed by atoms with Crippen molar-refractivity contribution >= 4 is 28.4 Å². The summed E-state index contributed by atoms with van der Waals surface area (Å²) in [5.74, 6) is 1.06. The van der Waals surface area contributed by atoms with Gasteiger partial charge in [-0.25, -0.2) is 0 Å². The lowest BCUT2D eigenvalue weighted by atomic mass is 10.2. The molecular weight excluding hydrogens is 296 g/mol. The molecule has 21 heavy (non-hydrogen) atoms. The molecule has 1 heterocycles. The van der Waals surface area contributed by atoms with Crippen LogP contribution in [0.25, 0.3) is 0 Å². The molecule has 108 valence electrons. The van der Waals surface area contributed by atoms with E-state index >= 15 is 0 Å². The van der Waals surface area contributed by atoms with Gasteiger partial charge in [0, 0.05) is 6.42 Å². The van der Waals surface area contributed by atoms with Gasteiger partial charge in [-0.3, -0.25) is 4.79 Å². The van der Waals surface area contributed by atoms with Crippen molar-refractivity contribution in [3.05, 3.63) is 48.5 Å². The molecule has 0 radical (unpaired) electrons. The highest BCUT2D eigenvalue weighted by Gasteiger charge is 2.36. The zero-order valence-corrected chi connectivity index (χ0v) is 13.8. The van der Waals surface area contributed by atoms with E-state index in [0.29, 0.717) is 11.5 Å². The Morgan fingerprint density at radius 3 is 2.14 bits per heavy atom. The summed E-state index contributed by atoms with van der Waals surface area (Å²) in [4.78, 5) is 17.6. The van der Waals surface area contributed by atoms with Gasteiger partial charge in [-0.15, -0.1) is 0 Å². The zero-order chi connectivity index (χ0) is 14.7. The number of unbranched alkanes of at least 4 members (excludes halogenated alkanes) is 1. The van der Waals surface area contributed by atoms with Crippen molar-refractivity contribution in [2.75, 3.05) is 5.75 Å². The summed E-state index contributed by atoms with van der Waals surface area (Å²) in [7, 11) is -0.0985. The summed E-state index contributed by atoms with van der Waals surface area (Å²) in [6.45, 7) is 2.14. The summed E-state index contributed by atoms with van der Waals surface area (Å²) in [5.41, 5.74) is 0. The van der Waals surface area contributed by atoms with Gasteiger partial charge in [0.1, 0.15) is 0 Å². The number of hydrogen-bond donors (Lipinski definition) is 0. The van der Waals surface area contributed by atoms with E-state index in [4.69, 9.17) is 0 Å². The van der Waals surface area contributed by atoms with Gasteiger partial charge >= 0.3 is 0 Å². The Hall–Kier alpha value is -1.19. The highest BCUT2D eigenvalue weighted by atomic mass is 32.2. The Balaban J connectivity index is 1.93. The average molecular weight is 315 g/mol. The standard InChI is InChI=1S/C18H19OS2/c1-2-3-8-14(19)13-21-17-11-6-4-9-15(17)20-16-10-5-7-12-18(16)21/h4-7,9-12H,2-3,8,13H2,1H3/q+1. The minimum Gasteiger partial charge on any atom is -0.294 e. The van der Waals surface area contributed by atoms with E-state index in [1.807, 2.05) is 11.8 Å². The van der Waals surface area contributed by atoms with Crippen LogP contribution in [-0.2, 0) is 15.7 Å². The molecule has 1 aliphatic rings. The Morgan fingerprint density at radius 2 is 1.57 bits per heavy atom. The Bertz CT molecular complexity index is 606. The summed E-state index contributed by atoms with van der Waals surface area (Å²) in [5, 5.41) is 0. The topological polar surface area (TPSA) is 17.1 Å². The fourth-order valence-corrected chi connectivity index (χ4v) is 6.32. The molecule has 0 bridgehead atoms. The van der Waals surface area contributed by atoms with Gasteiger partial charge in [0.2, 0.25) is 0 Å². The highest BCUT2D eigenvalue weighted by Crippen LogP contribution is 2.45. The van der Waals surface area contributed by atoms with E-state index in [2.05, 4.69) is 55.5 Å². The molecule has 0 saturated carbocycles. The molecular formula is C18H19OS2+. The molecule has 0 spiro atoms. The molecule has 0 amide bonds. The van der Waals surface area contributed by atoms with Crippen LogP contribution in [0.5, 0.6) is 0 Å². The molecule has 0 saturated heterocycles. The molecule has 1 aliphatic heterocycles. The van der Waals surface area contributed by atoms with Gasteiger partial charge in [0.05, 0.1) is 20.7 Å². The second-order valence-electron chi connectivity index (χ2n) is 5.17. The zero-order valence-electron chi connectivity index (χ0n) is 12.2. The van der Waals surface area contributed by atoms with Crippen LogP contribution in [0.15, 0.2) is 68.1 Å². The fourth-order valence-electron chi connectivity index (χ4n) is 2.48. The smallest absolute Gasteiger partial charge is 0.182 e. The van der Waals surface area contributed by atoms with Crippen LogP contribution in [0.3, 0.4) is 0 Å². The second-order valence-corrected chi connectivity index (χ2v) is 8.21. The maximum absolute atomic E-state index is 12.3. The van der Waals surface area contributed by atoms with Crippen LogP contribution in [0, 0.1) is 0 Å². The normalized spacial score (nSPS) is 13.6. The SMILES string of the molecule is CCCCC(=O)C[S+]1c2ccccc2Sc2ccccc21. The van der Waals surface area contributed by atoms with Crippen molar-refractivity contribution in [1.82, 2.24) is 0 Å². The minimum atomic E-state index is -0.0985. The Labute approximate surface area is 133 Å². The van der Waals surface area contributed by atoms with Gasteiger partial charge in [0.15, 0.2) is 21.3 Å². The van der Waals surface area contributed by atoms with E-state index in [0.717, 1.165) is 19.3 Å². The van der Waals surface area contributed by atoms with Crippen molar-refractivity contribution in [3.63, 3.8) is 0 Å². The number of benzene rings is 2. The van der Waals surface area contributed by atoms with Crippen LogP contribution in [0.2, 0.25) is 0 Å². The molecule has 0 aromatic heterocycles. The molecule has 0 aliphatic carbocycles. The third-order valence-corrected chi connectivity index (χ3v) is 7.36. The molecule has 0 N–H and O–H groups in total. The summed E-state index contributed by atoms with van der Waals surface area (Å²) in [6, 6.07) is 17.1. The van der Waals surface area contributed by atoms with Gasteiger partial charge in [-0.1, -0.05) is 49.4 Å². The van der Waals surface area contributed by atoms with Crippen molar-refractivity contribution < 1.29 is 4.79 Å². The van der Waals surface area contributed by atoms with Crippen LogP contribution < -0.4 is 0 Å². The molecule has 0 unspecified atom stereocenters. The molecule has 3 rings (SSSR count). The molecule has 0 atom stereocenters. The number of rotatable bonds is 5. The summed E-state index contributed by atoms with van der Waals surface area (Å²) < 4.78 is 0. The van der Waals surface area contributed by atoms with Crippen molar-refractivity contribution in [3.8, 4) is 0 Å². The lowest BCUT2D eigenvalue weighted by Gasteiger charge is -2.18. The number of carbonyl (C=O) groups is 1. The Kier molecular flexibility index (Phi) is 4.71. The molecule has 2 aromatic rings. The predicted octanol–water partition coefficient (Wildman–Crippen LogP) is 4.95. The second kappa shape index (κ2) is 6.71. The first kappa shape index (κ1) is 14.7. The third-order valence-electron chi connectivity index (χ3n) is 3.56. The summed E-state index contributed by atoms with van der Waals surface area (Å²) in [6.07, 6.45) is 2.81. The van der Waals surface area contributed by atoms with Gasteiger partial charge in [-0.2, -0.15) is 0 Å². The molecule has 2 aromatic carbocycles. The molecule has 1 nitrogen and oxygen atoms in total. The first-order valence-electron chi connectivity index (χ1n) is 7.38. The van der Waals surface area contributed by atoms with Crippen LogP contribution in [-0.4, -0.2) is 11.5 Å². The maximum Gasteiger partial charge on any atom is 0.182 e. The summed E-state index contributed by atoms with van der Waals surface area (Å²) >= 11 is 1.83. The van der Waals surface area contributed by atoms with Crippen molar-refractivity contribution in [2.45, 2.75) is 45.8 Å². The van der Waals surface area contributed by atoms with E-state index in [1.54, 1.807) is 0 Å². The van der Waals surface area contributed by atoms with Crippen LogP contribution in [0.4, 0.5) is 0 Å². The minimum absolute atomic E-state index is 0.0985. The van der Waals surface area contributed by atoms with E-state index < -0.39 is 0 Å². The third kappa shape index (κ3) is 3.19. The number of hydrogen-bond acceptors (Lipinski definition) is 2. The van der Waals surface area contributed by atoms with Gasteiger partial charge in [-0.05, 0) is 30.7 Å². The lowest BCUT2D eigenvalue weighted by Crippen LogP contribution is -2.20. The van der Waals surface area contributed by atoms with Crippen LogP contribution in [0.1, 0.15) is 26.2 Å². The largest absolute Gasteiger partial charge is 0.294 e. The quantitative estimate of drug-likeness (QED) is 0.726. The fraction of sp³-hybridized carbons (Fsp3) is 0.278. The first-order valence-corrected chi connectivity index (χ1v) is 9.59. The number of carbonyl (C=O) groups excluding carboxylic acids is 1. The monoisotopic (exact) mass is 315 g/mol. The van der Waals surface area contributed by atoms with Gasteiger partial charge in [0.25, 0.3) is 0 Å². The van der Waals surface area contributed by atoms with Crippen molar-refractivity contribution in [1.29, 1.82) is 0 Å². The number of Topliss-reactive ketones (excluding diaryl/α,β-unsaturated/α-hetero) is 1. The maximum atomic E-state index is 12.3. The van der Waals surface area contributed by atoms with Crippen LogP contribution >= 0.6 is 11.8 Å². The predicted molar refractivity (Wildman–Crippen MR) is 90.3 cm³/mol. The average Bonchev–Trinajstić information content (AvgIpc) is 2.52. The number of fused-ring (bicyclic) bond motifs is 2. The van der Waals surface area contributed by atoms with Crippen molar-refractivity contribution in [2.24, 2.45) is 0 Å². The number of ketones is 1. The van der Waals surface area contributed by atoms with E-state index in [1.165, 1.54) is 19.6 Å².